The van der Waals surface area contributed by atoms with Gasteiger partial charge >= 0.3 is 0 Å². The van der Waals surface area contributed by atoms with Crippen molar-refractivity contribution >= 4 is 0 Å². The number of aliphatic hydroxyl groups excluding tert-OH is 1. The van der Waals surface area contributed by atoms with E-state index in [2.05, 4.69) is 0 Å². The third-order valence-electron chi connectivity index (χ3n) is 3.19. The van der Waals surface area contributed by atoms with Gasteiger partial charge < -0.3 is 14.6 Å². The summed E-state index contributed by atoms with van der Waals surface area (Å²) in [6, 6.07) is 7.95. The second-order valence-corrected chi connectivity index (χ2v) is 4.97. The van der Waals surface area contributed by atoms with E-state index >= 15 is 0 Å². The summed E-state index contributed by atoms with van der Waals surface area (Å²) in [5, 5.41) is 9.29. The molecule has 0 radical (unpaired) electrons. The van der Waals surface area contributed by atoms with Crippen molar-refractivity contribution in [3.05, 3.63) is 29.8 Å². The zero-order valence-electron chi connectivity index (χ0n) is 11.0. The fourth-order valence-corrected chi connectivity index (χ4v) is 2.24. The van der Waals surface area contributed by atoms with E-state index in [4.69, 9.17) is 9.47 Å². The Bertz CT molecular complexity index is 339. The van der Waals surface area contributed by atoms with E-state index in [0.717, 1.165) is 30.8 Å². The molecule has 1 N–H and O–H groups in total. The van der Waals surface area contributed by atoms with Crippen LogP contribution in [0, 0.1) is 0 Å². The Hall–Kier alpha value is -1.06. The Labute approximate surface area is 109 Å². The van der Waals surface area contributed by atoms with Crippen LogP contribution in [-0.4, -0.2) is 30.5 Å². The molecule has 1 aliphatic heterocycles. The molecule has 0 bridgehead atoms. The second-order valence-electron chi connectivity index (χ2n) is 4.97. The van der Waals surface area contributed by atoms with E-state index in [0.29, 0.717) is 19.1 Å². The van der Waals surface area contributed by atoms with Gasteiger partial charge in [0, 0.05) is 13.0 Å². The lowest BCUT2D eigenvalue weighted by molar-refractivity contribution is 0.0903. The largest absolute Gasteiger partial charge is 0.493 e. The van der Waals surface area contributed by atoms with Crippen LogP contribution in [0.1, 0.15) is 31.7 Å². The van der Waals surface area contributed by atoms with Crippen LogP contribution in [0.4, 0.5) is 0 Å². The SMILES string of the molecule is CC(O)Cc1ccc(OCCC2CCCO2)cc1. The van der Waals surface area contributed by atoms with Crippen LogP contribution in [0.15, 0.2) is 24.3 Å². The maximum absolute atomic E-state index is 9.29. The zero-order valence-corrected chi connectivity index (χ0v) is 11.0. The van der Waals surface area contributed by atoms with Gasteiger partial charge in [-0.1, -0.05) is 12.1 Å². The van der Waals surface area contributed by atoms with Crippen molar-refractivity contribution in [2.75, 3.05) is 13.2 Å². The predicted octanol–water partition coefficient (Wildman–Crippen LogP) is 2.56. The van der Waals surface area contributed by atoms with Gasteiger partial charge in [0.15, 0.2) is 0 Å². The number of benzene rings is 1. The third kappa shape index (κ3) is 4.31. The molecule has 0 spiro atoms. The Morgan fingerprint density at radius 2 is 2.17 bits per heavy atom. The van der Waals surface area contributed by atoms with E-state index in [-0.39, 0.29) is 6.10 Å². The molecule has 0 amide bonds. The highest BCUT2D eigenvalue weighted by Gasteiger charge is 2.14. The molecule has 3 nitrogen and oxygen atoms in total. The van der Waals surface area contributed by atoms with Crippen molar-refractivity contribution in [3.63, 3.8) is 0 Å². The van der Waals surface area contributed by atoms with Crippen LogP contribution in [0.3, 0.4) is 0 Å². The molecular weight excluding hydrogens is 228 g/mol. The summed E-state index contributed by atoms with van der Waals surface area (Å²) in [5.74, 6) is 0.891. The molecule has 1 aromatic rings. The van der Waals surface area contributed by atoms with Crippen LogP contribution in [0.5, 0.6) is 5.75 Å². The first kappa shape index (κ1) is 13.4. The summed E-state index contributed by atoms with van der Waals surface area (Å²) in [6.07, 6.45) is 4.09. The Morgan fingerprint density at radius 1 is 1.39 bits per heavy atom. The number of rotatable bonds is 6. The lowest BCUT2D eigenvalue weighted by Gasteiger charge is -2.11. The van der Waals surface area contributed by atoms with Gasteiger partial charge in [-0.2, -0.15) is 0 Å². The van der Waals surface area contributed by atoms with Gasteiger partial charge in [-0.15, -0.1) is 0 Å². The number of ether oxygens (including phenoxy) is 2. The molecule has 1 aromatic carbocycles. The smallest absolute Gasteiger partial charge is 0.119 e. The van der Waals surface area contributed by atoms with Crippen LogP contribution in [0.2, 0.25) is 0 Å². The number of aliphatic hydroxyl groups is 1. The van der Waals surface area contributed by atoms with E-state index < -0.39 is 0 Å². The second kappa shape index (κ2) is 6.76. The van der Waals surface area contributed by atoms with Crippen molar-refractivity contribution in [2.45, 2.75) is 44.8 Å². The lowest BCUT2D eigenvalue weighted by atomic mass is 10.1. The molecule has 2 rings (SSSR count). The predicted molar refractivity (Wildman–Crippen MR) is 70.9 cm³/mol. The highest BCUT2D eigenvalue weighted by molar-refractivity contribution is 5.27. The summed E-state index contributed by atoms with van der Waals surface area (Å²) in [7, 11) is 0. The standard InChI is InChI=1S/C15H22O3/c1-12(16)11-13-4-6-15(7-5-13)18-10-8-14-3-2-9-17-14/h4-7,12,14,16H,2-3,8-11H2,1H3. The summed E-state index contributed by atoms with van der Waals surface area (Å²) in [6.45, 7) is 3.41. The van der Waals surface area contributed by atoms with Gasteiger partial charge in [0.1, 0.15) is 5.75 Å². The third-order valence-corrected chi connectivity index (χ3v) is 3.19. The molecule has 2 unspecified atom stereocenters. The van der Waals surface area contributed by atoms with Gasteiger partial charge in [-0.3, -0.25) is 0 Å². The van der Waals surface area contributed by atoms with Gasteiger partial charge in [-0.05, 0) is 43.9 Å². The zero-order chi connectivity index (χ0) is 12.8. The van der Waals surface area contributed by atoms with E-state index in [9.17, 15) is 5.11 Å². The van der Waals surface area contributed by atoms with E-state index in [1.807, 2.05) is 24.3 Å². The molecule has 0 aliphatic carbocycles. The molecule has 3 heteroatoms. The van der Waals surface area contributed by atoms with Gasteiger partial charge in [0.25, 0.3) is 0 Å². The number of hydrogen-bond donors (Lipinski definition) is 1. The molecule has 18 heavy (non-hydrogen) atoms. The fourth-order valence-electron chi connectivity index (χ4n) is 2.24. The number of hydrogen-bond acceptors (Lipinski definition) is 3. The maximum Gasteiger partial charge on any atom is 0.119 e. The van der Waals surface area contributed by atoms with Crippen LogP contribution in [-0.2, 0) is 11.2 Å². The highest BCUT2D eigenvalue weighted by atomic mass is 16.5. The van der Waals surface area contributed by atoms with Crippen LogP contribution in [0.25, 0.3) is 0 Å². The Balaban J connectivity index is 1.72. The average molecular weight is 250 g/mol. The molecular formula is C15H22O3. The minimum Gasteiger partial charge on any atom is -0.493 e. The van der Waals surface area contributed by atoms with Crippen LogP contribution < -0.4 is 4.74 Å². The molecule has 1 aliphatic rings. The summed E-state index contributed by atoms with van der Waals surface area (Å²) < 4.78 is 11.2. The average Bonchev–Trinajstić information content (AvgIpc) is 2.84. The quantitative estimate of drug-likeness (QED) is 0.843. The first-order valence-corrected chi connectivity index (χ1v) is 6.75. The van der Waals surface area contributed by atoms with E-state index in [1.54, 1.807) is 6.92 Å². The summed E-state index contributed by atoms with van der Waals surface area (Å²) in [5.41, 5.74) is 1.14. The monoisotopic (exact) mass is 250 g/mol. The van der Waals surface area contributed by atoms with Crippen molar-refractivity contribution in [1.29, 1.82) is 0 Å². The normalized spacial score (nSPS) is 20.9. The van der Waals surface area contributed by atoms with Crippen molar-refractivity contribution < 1.29 is 14.6 Å². The molecule has 1 heterocycles. The van der Waals surface area contributed by atoms with Gasteiger partial charge in [0.2, 0.25) is 0 Å². The Kier molecular flexibility index (Phi) is 5.02. The van der Waals surface area contributed by atoms with Crippen molar-refractivity contribution in [3.8, 4) is 5.75 Å². The van der Waals surface area contributed by atoms with Crippen molar-refractivity contribution in [1.82, 2.24) is 0 Å². The molecule has 0 aromatic heterocycles. The fraction of sp³-hybridized carbons (Fsp3) is 0.600. The molecule has 0 saturated carbocycles. The minimum atomic E-state index is -0.295. The first-order valence-electron chi connectivity index (χ1n) is 6.75. The summed E-state index contributed by atoms with van der Waals surface area (Å²) in [4.78, 5) is 0. The molecule has 2 atom stereocenters. The summed E-state index contributed by atoms with van der Waals surface area (Å²) >= 11 is 0. The molecule has 1 saturated heterocycles. The van der Waals surface area contributed by atoms with E-state index in [1.165, 1.54) is 6.42 Å². The van der Waals surface area contributed by atoms with Crippen molar-refractivity contribution in [2.24, 2.45) is 0 Å². The molecule has 1 fully saturated rings. The maximum atomic E-state index is 9.29. The first-order chi connectivity index (χ1) is 8.74. The highest BCUT2D eigenvalue weighted by Crippen LogP contribution is 2.17. The van der Waals surface area contributed by atoms with Crippen LogP contribution >= 0.6 is 0 Å². The van der Waals surface area contributed by atoms with Gasteiger partial charge in [-0.25, -0.2) is 0 Å². The minimum absolute atomic E-state index is 0.295. The topological polar surface area (TPSA) is 38.7 Å². The van der Waals surface area contributed by atoms with Gasteiger partial charge in [0.05, 0.1) is 18.8 Å². The molecule has 100 valence electrons. The Morgan fingerprint density at radius 3 is 2.78 bits per heavy atom. The lowest BCUT2D eigenvalue weighted by Crippen LogP contribution is -2.10.